The molecule has 0 unspecified atom stereocenters. The number of thioether (sulfide) groups is 1. The molecule has 1 N–H and O–H groups in total. The average Bonchev–Trinajstić information content (AvgIpc) is 2.71. The maximum Gasteiger partial charge on any atom is 0.258 e. The molecule has 2 aromatic carbocycles. The topological polar surface area (TPSA) is 73.6 Å². The van der Waals surface area contributed by atoms with Gasteiger partial charge in [-0.15, -0.1) is 11.8 Å². The summed E-state index contributed by atoms with van der Waals surface area (Å²) in [6.45, 7) is 3.43. The van der Waals surface area contributed by atoms with Crippen LogP contribution in [0.4, 0.5) is 0 Å². The lowest BCUT2D eigenvalue weighted by atomic mass is 10.2. The van der Waals surface area contributed by atoms with Gasteiger partial charge in [0.15, 0.2) is 11.5 Å². The van der Waals surface area contributed by atoms with Crippen LogP contribution < -0.4 is 15.0 Å². The molecule has 0 aliphatic carbocycles. The van der Waals surface area contributed by atoms with E-state index in [1.165, 1.54) is 24.1 Å². The number of hydrogen-bond acceptors (Lipinski definition) is 6. The van der Waals surface area contributed by atoms with E-state index in [9.17, 15) is 9.90 Å². The third kappa shape index (κ3) is 6.01. The molecule has 0 aliphatic heterocycles. The van der Waals surface area contributed by atoms with Crippen molar-refractivity contribution < 1.29 is 14.6 Å². The van der Waals surface area contributed by atoms with E-state index in [4.69, 9.17) is 21.1 Å². The maximum absolute atomic E-state index is 12.6. The van der Waals surface area contributed by atoms with Gasteiger partial charge in [-0.1, -0.05) is 11.6 Å². The Kier molecular flexibility index (Phi) is 7.07. The molecule has 30 heavy (non-hydrogen) atoms. The summed E-state index contributed by atoms with van der Waals surface area (Å²) in [5.74, 6) is 1.52. The summed E-state index contributed by atoms with van der Waals surface area (Å²) in [7, 11) is 1.52. The summed E-state index contributed by atoms with van der Waals surface area (Å²) in [5.41, 5.74) is 0.138. The second-order valence-corrected chi connectivity index (χ2v) is 8.75. The highest BCUT2D eigenvalue weighted by atomic mass is 35.5. The highest BCUT2D eigenvalue weighted by Gasteiger charge is 2.16. The van der Waals surface area contributed by atoms with E-state index < -0.39 is 5.60 Å². The molecule has 1 heterocycles. The van der Waals surface area contributed by atoms with Crippen molar-refractivity contribution in [3.8, 4) is 17.2 Å². The largest absolute Gasteiger partial charge is 0.493 e. The summed E-state index contributed by atoms with van der Waals surface area (Å²) < 4.78 is 12.4. The fraction of sp³-hybridized carbons (Fsp3) is 0.273. The summed E-state index contributed by atoms with van der Waals surface area (Å²) in [6, 6.07) is 14.2. The van der Waals surface area contributed by atoms with Gasteiger partial charge in [0.05, 0.1) is 24.1 Å². The van der Waals surface area contributed by atoms with E-state index in [-0.39, 0.29) is 12.2 Å². The second-order valence-electron chi connectivity index (χ2n) is 7.27. The normalized spacial score (nSPS) is 11.4. The van der Waals surface area contributed by atoms with E-state index in [0.29, 0.717) is 33.7 Å². The molecule has 0 fully saturated rings. The molecule has 0 aliphatic rings. The van der Waals surface area contributed by atoms with Crippen LogP contribution in [0.5, 0.6) is 11.5 Å². The molecule has 0 saturated carbocycles. The maximum atomic E-state index is 12.6. The molecule has 6 nitrogen and oxygen atoms in total. The van der Waals surface area contributed by atoms with Gasteiger partial charge in [0.2, 0.25) is 0 Å². The van der Waals surface area contributed by atoms with Crippen molar-refractivity contribution in [2.75, 3.05) is 13.7 Å². The third-order valence-corrected chi connectivity index (χ3v) is 5.37. The average molecular weight is 447 g/mol. The van der Waals surface area contributed by atoms with Gasteiger partial charge in [-0.05, 0) is 50.2 Å². The zero-order valence-electron chi connectivity index (χ0n) is 17.0. The number of benzene rings is 2. The van der Waals surface area contributed by atoms with Gasteiger partial charge >= 0.3 is 0 Å². The summed E-state index contributed by atoms with van der Waals surface area (Å²) in [5, 5.41) is 10.5. The lowest BCUT2D eigenvalue weighted by molar-refractivity contribution is 0.0276. The van der Waals surface area contributed by atoms with Gasteiger partial charge < -0.3 is 14.6 Å². The molecule has 3 aromatic rings. The number of aromatic nitrogens is 2. The van der Waals surface area contributed by atoms with Crippen LogP contribution in [0.2, 0.25) is 5.02 Å². The van der Waals surface area contributed by atoms with Gasteiger partial charge in [0.25, 0.3) is 5.56 Å². The number of methoxy groups -OCH3 is 1. The Morgan fingerprint density at radius 2 is 1.87 bits per heavy atom. The molecule has 0 amide bonds. The quantitative estimate of drug-likeness (QED) is 0.519. The molecule has 0 spiro atoms. The number of hydrogen-bond donors (Lipinski definition) is 1. The molecule has 0 atom stereocenters. The standard InChI is InChI=1S/C22H23ClN2O4S/c1-22(2,27)13-29-19-9-6-17(11-20(19)28-3)25-14-24-16(10-21(25)26)12-30-18-7-4-15(23)5-8-18/h4-11,14,27H,12-13H2,1-3H3. The Morgan fingerprint density at radius 3 is 2.50 bits per heavy atom. The number of nitrogens with zero attached hydrogens (tertiary/aromatic N) is 2. The smallest absolute Gasteiger partial charge is 0.258 e. The zero-order chi connectivity index (χ0) is 21.7. The zero-order valence-corrected chi connectivity index (χ0v) is 18.5. The van der Waals surface area contributed by atoms with Crippen molar-refractivity contribution >= 4 is 23.4 Å². The first-order chi connectivity index (χ1) is 14.2. The SMILES string of the molecule is COc1cc(-n2cnc(CSc3ccc(Cl)cc3)cc2=O)ccc1OCC(C)(C)O. The van der Waals surface area contributed by atoms with E-state index >= 15 is 0 Å². The van der Waals surface area contributed by atoms with E-state index in [2.05, 4.69) is 4.98 Å². The first-order valence-corrected chi connectivity index (χ1v) is 10.6. The summed E-state index contributed by atoms with van der Waals surface area (Å²) >= 11 is 7.48. The van der Waals surface area contributed by atoms with Crippen LogP contribution in [-0.4, -0.2) is 34.0 Å². The fourth-order valence-electron chi connectivity index (χ4n) is 2.58. The highest BCUT2D eigenvalue weighted by molar-refractivity contribution is 7.98. The Hall–Kier alpha value is -2.48. The first-order valence-electron chi connectivity index (χ1n) is 9.25. The van der Waals surface area contributed by atoms with Gasteiger partial charge in [0, 0.05) is 27.8 Å². The summed E-state index contributed by atoms with van der Waals surface area (Å²) in [4.78, 5) is 18.1. The molecule has 0 bridgehead atoms. The molecule has 0 saturated heterocycles. The molecular weight excluding hydrogens is 424 g/mol. The van der Waals surface area contributed by atoms with Crippen LogP contribution in [0.15, 0.2) is 64.5 Å². The highest BCUT2D eigenvalue weighted by Crippen LogP contribution is 2.30. The van der Waals surface area contributed by atoms with Crippen molar-refractivity contribution in [3.63, 3.8) is 0 Å². The predicted octanol–water partition coefficient (Wildman–Crippen LogP) is 4.34. The van der Waals surface area contributed by atoms with Crippen LogP contribution in [0.25, 0.3) is 5.69 Å². The third-order valence-electron chi connectivity index (χ3n) is 4.07. The second kappa shape index (κ2) is 9.55. The van der Waals surface area contributed by atoms with E-state index in [1.807, 2.05) is 24.3 Å². The van der Waals surface area contributed by atoms with Crippen LogP contribution >= 0.6 is 23.4 Å². The Balaban J connectivity index is 1.75. The molecule has 1 aromatic heterocycles. The van der Waals surface area contributed by atoms with Crippen LogP contribution in [0.3, 0.4) is 0 Å². The Morgan fingerprint density at radius 1 is 1.13 bits per heavy atom. The number of aliphatic hydroxyl groups is 1. The van der Waals surface area contributed by atoms with Crippen molar-refractivity contribution in [3.05, 3.63) is 75.9 Å². The van der Waals surface area contributed by atoms with Gasteiger partial charge in [0.1, 0.15) is 12.9 Å². The van der Waals surface area contributed by atoms with Crippen molar-refractivity contribution in [2.45, 2.75) is 30.1 Å². The molecule has 8 heteroatoms. The Labute approximate surface area is 184 Å². The lowest BCUT2D eigenvalue weighted by Gasteiger charge is -2.19. The molecular formula is C22H23ClN2O4S. The van der Waals surface area contributed by atoms with Gasteiger partial charge in [-0.2, -0.15) is 0 Å². The lowest BCUT2D eigenvalue weighted by Crippen LogP contribution is -2.28. The van der Waals surface area contributed by atoms with Crippen molar-refractivity contribution in [1.29, 1.82) is 0 Å². The van der Waals surface area contributed by atoms with Crippen molar-refractivity contribution in [2.24, 2.45) is 0 Å². The van der Waals surface area contributed by atoms with Gasteiger partial charge in [-0.3, -0.25) is 9.36 Å². The number of halogens is 1. The fourth-order valence-corrected chi connectivity index (χ4v) is 3.51. The first kappa shape index (κ1) is 22.2. The summed E-state index contributed by atoms with van der Waals surface area (Å²) in [6.07, 6.45) is 1.51. The van der Waals surface area contributed by atoms with Gasteiger partial charge in [-0.25, -0.2) is 4.98 Å². The van der Waals surface area contributed by atoms with Crippen molar-refractivity contribution in [1.82, 2.24) is 9.55 Å². The monoisotopic (exact) mass is 446 g/mol. The molecule has 3 rings (SSSR count). The Bertz CT molecular complexity index is 1060. The van der Waals surface area contributed by atoms with Crippen LogP contribution in [-0.2, 0) is 5.75 Å². The molecule has 158 valence electrons. The molecule has 0 radical (unpaired) electrons. The predicted molar refractivity (Wildman–Crippen MR) is 119 cm³/mol. The van der Waals surface area contributed by atoms with E-state index in [1.54, 1.807) is 43.8 Å². The minimum atomic E-state index is -0.968. The van der Waals surface area contributed by atoms with E-state index in [0.717, 1.165) is 4.90 Å². The van der Waals surface area contributed by atoms with Crippen LogP contribution in [0.1, 0.15) is 19.5 Å². The number of ether oxygens (including phenoxy) is 2. The van der Waals surface area contributed by atoms with Crippen LogP contribution in [0, 0.1) is 0 Å². The minimum Gasteiger partial charge on any atom is -0.493 e. The minimum absolute atomic E-state index is 0.115. The number of rotatable bonds is 8.